The first-order chi connectivity index (χ1) is 10.2. The summed E-state index contributed by atoms with van der Waals surface area (Å²) in [6.45, 7) is 5.64. The van der Waals surface area contributed by atoms with Gasteiger partial charge in [-0.2, -0.15) is 0 Å². The highest BCUT2D eigenvalue weighted by molar-refractivity contribution is 5.87. The number of rotatable bonds is 4. The molecular formula is C15H21N5O2. The van der Waals surface area contributed by atoms with Crippen LogP contribution in [-0.2, 0) is 16.1 Å². The molecule has 4 N–H and O–H groups in total. The number of ether oxygens (including phenoxy) is 1. The van der Waals surface area contributed by atoms with Gasteiger partial charge in [0.15, 0.2) is 0 Å². The van der Waals surface area contributed by atoms with Crippen molar-refractivity contribution in [3.8, 4) is 0 Å². The van der Waals surface area contributed by atoms with Gasteiger partial charge >= 0.3 is 5.97 Å². The Morgan fingerprint density at radius 2 is 2.18 bits per heavy atom. The molecule has 0 unspecified atom stereocenters. The van der Waals surface area contributed by atoms with Crippen LogP contribution in [0, 0.1) is 0 Å². The van der Waals surface area contributed by atoms with Gasteiger partial charge in [0.05, 0.1) is 12.2 Å². The molecule has 0 bridgehead atoms. The molecule has 0 spiro atoms. The third-order valence-electron chi connectivity index (χ3n) is 2.70. The Bertz CT molecular complexity index is 666. The number of hydrogen-bond donors (Lipinski definition) is 2. The normalized spacial score (nSPS) is 12.5. The highest BCUT2D eigenvalue weighted by Gasteiger charge is 2.18. The maximum absolute atomic E-state index is 11.8. The van der Waals surface area contributed by atoms with Gasteiger partial charge < -0.3 is 19.9 Å². The first-order valence-corrected chi connectivity index (χ1v) is 6.89. The molecule has 7 heteroatoms. The Labute approximate surface area is 129 Å². The molecule has 0 atom stereocenters. The lowest BCUT2D eigenvalue weighted by Gasteiger charge is -2.20. The number of imidazole rings is 1. The fourth-order valence-corrected chi connectivity index (χ4v) is 1.86. The molecule has 0 aliphatic heterocycles. The molecule has 0 aromatic carbocycles. The van der Waals surface area contributed by atoms with Crippen LogP contribution in [0.3, 0.4) is 0 Å². The van der Waals surface area contributed by atoms with E-state index in [1.807, 2.05) is 35.0 Å². The van der Waals surface area contributed by atoms with Crippen molar-refractivity contribution in [1.82, 2.24) is 14.4 Å². The van der Waals surface area contributed by atoms with Gasteiger partial charge in [-0.15, -0.1) is 0 Å². The SMILES string of the molecule is CC(C)(C)OC(=O)/C(N)=C/N(N)Cc1cn2ccccc2n1. The summed E-state index contributed by atoms with van der Waals surface area (Å²) in [6.07, 6.45) is 5.11. The van der Waals surface area contributed by atoms with Crippen LogP contribution in [0.4, 0.5) is 0 Å². The predicted octanol–water partition coefficient (Wildman–Crippen LogP) is 1.15. The standard InChI is InChI=1S/C15H21N5O2/c1-15(2,3)22-14(21)12(16)10-20(17)9-11-8-19-7-5-4-6-13(19)18-11/h4-8,10H,9,16-17H2,1-3H3/b12-10-. The van der Waals surface area contributed by atoms with E-state index in [0.717, 1.165) is 11.3 Å². The molecule has 0 aliphatic carbocycles. The number of carbonyl (C=O) groups excluding carboxylic acids is 1. The molecule has 2 aromatic rings. The summed E-state index contributed by atoms with van der Waals surface area (Å²) in [7, 11) is 0. The molecule has 2 heterocycles. The number of hydrogen-bond acceptors (Lipinski definition) is 6. The molecule has 0 saturated heterocycles. The van der Waals surface area contributed by atoms with Crippen molar-refractivity contribution < 1.29 is 9.53 Å². The zero-order chi connectivity index (χ0) is 16.3. The van der Waals surface area contributed by atoms with E-state index in [0.29, 0.717) is 6.54 Å². The summed E-state index contributed by atoms with van der Waals surface area (Å²) in [5.41, 5.74) is 6.63. The van der Waals surface area contributed by atoms with Gasteiger partial charge in [0.2, 0.25) is 0 Å². The summed E-state index contributed by atoms with van der Waals surface area (Å²) in [5.74, 6) is 5.25. The summed E-state index contributed by atoms with van der Waals surface area (Å²) in [4.78, 5) is 16.2. The first-order valence-electron chi connectivity index (χ1n) is 6.89. The lowest BCUT2D eigenvalue weighted by atomic mass is 10.2. The van der Waals surface area contributed by atoms with Gasteiger partial charge in [0, 0.05) is 18.6 Å². The van der Waals surface area contributed by atoms with E-state index in [4.69, 9.17) is 16.3 Å². The Morgan fingerprint density at radius 1 is 1.45 bits per heavy atom. The highest BCUT2D eigenvalue weighted by Crippen LogP contribution is 2.10. The number of nitrogens with two attached hydrogens (primary N) is 2. The molecule has 2 aromatic heterocycles. The largest absolute Gasteiger partial charge is 0.455 e. The lowest BCUT2D eigenvalue weighted by Crippen LogP contribution is -2.31. The second kappa shape index (κ2) is 6.07. The summed E-state index contributed by atoms with van der Waals surface area (Å²) < 4.78 is 7.06. The van der Waals surface area contributed by atoms with Crippen molar-refractivity contribution in [2.75, 3.05) is 0 Å². The topological polar surface area (TPSA) is 98.9 Å². The van der Waals surface area contributed by atoms with Crippen LogP contribution >= 0.6 is 0 Å². The van der Waals surface area contributed by atoms with Crippen LogP contribution in [0.15, 0.2) is 42.5 Å². The number of aromatic nitrogens is 2. The predicted molar refractivity (Wildman–Crippen MR) is 83.0 cm³/mol. The number of fused-ring (bicyclic) bond motifs is 1. The quantitative estimate of drug-likeness (QED) is 0.380. The molecule has 118 valence electrons. The molecule has 0 radical (unpaired) electrons. The minimum atomic E-state index is -0.601. The van der Waals surface area contributed by atoms with Crippen LogP contribution in [-0.4, -0.2) is 26.0 Å². The zero-order valence-electron chi connectivity index (χ0n) is 13.0. The molecule has 0 saturated carbocycles. The molecule has 22 heavy (non-hydrogen) atoms. The minimum Gasteiger partial charge on any atom is -0.455 e. The molecule has 0 fully saturated rings. The van der Waals surface area contributed by atoms with Crippen LogP contribution in [0.5, 0.6) is 0 Å². The summed E-state index contributed by atoms with van der Waals surface area (Å²) >= 11 is 0. The van der Waals surface area contributed by atoms with Gasteiger partial charge in [-0.05, 0) is 32.9 Å². The highest BCUT2D eigenvalue weighted by atomic mass is 16.6. The average molecular weight is 303 g/mol. The zero-order valence-corrected chi connectivity index (χ0v) is 13.0. The van der Waals surface area contributed by atoms with Crippen LogP contribution in [0.1, 0.15) is 26.5 Å². The Hall–Kier alpha value is -2.54. The van der Waals surface area contributed by atoms with Crippen molar-refractivity contribution in [1.29, 1.82) is 0 Å². The van der Waals surface area contributed by atoms with Crippen molar-refractivity contribution >= 4 is 11.6 Å². The molecule has 0 aliphatic rings. The number of carbonyl (C=O) groups is 1. The van der Waals surface area contributed by atoms with E-state index >= 15 is 0 Å². The van der Waals surface area contributed by atoms with E-state index in [-0.39, 0.29) is 5.70 Å². The monoisotopic (exact) mass is 303 g/mol. The van der Waals surface area contributed by atoms with E-state index in [1.54, 1.807) is 20.8 Å². The second-order valence-electron chi connectivity index (χ2n) is 5.96. The summed E-state index contributed by atoms with van der Waals surface area (Å²) in [5, 5.41) is 1.31. The molecule has 7 nitrogen and oxygen atoms in total. The number of nitrogens with zero attached hydrogens (tertiary/aromatic N) is 3. The maximum Gasteiger partial charge on any atom is 0.356 e. The van der Waals surface area contributed by atoms with Crippen molar-refractivity contribution in [2.45, 2.75) is 32.9 Å². The van der Waals surface area contributed by atoms with E-state index in [1.165, 1.54) is 11.2 Å². The van der Waals surface area contributed by atoms with Gasteiger partial charge in [0.25, 0.3) is 0 Å². The molecule has 0 amide bonds. The molecular weight excluding hydrogens is 282 g/mol. The summed E-state index contributed by atoms with van der Waals surface area (Å²) in [6, 6.07) is 5.72. The van der Waals surface area contributed by atoms with Crippen molar-refractivity contribution in [3.63, 3.8) is 0 Å². The van der Waals surface area contributed by atoms with Crippen LogP contribution in [0.2, 0.25) is 0 Å². The maximum atomic E-state index is 11.8. The lowest BCUT2D eigenvalue weighted by molar-refractivity contribution is -0.150. The van der Waals surface area contributed by atoms with Gasteiger partial charge in [-0.25, -0.2) is 15.6 Å². The second-order valence-corrected chi connectivity index (χ2v) is 5.96. The van der Waals surface area contributed by atoms with Gasteiger partial charge in [-0.1, -0.05) is 6.07 Å². The number of hydrazine groups is 1. The Kier molecular flexibility index (Phi) is 4.37. The minimum absolute atomic E-state index is 0.0545. The third kappa shape index (κ3) is 4.23. The van der Waals surface area contributed by atoms with Crippen LogP contribution in [0.25, 0.3) is 5.65 Å². The Morgan fingerprint density at radius 3 is 2.82 bits per heavy atom. The van der Waals surface area contributed by atoms with E-state index < -0.39 is 11.6 Å². The van der Waals surface area contributed by atoms with Crippen molar-refractivity contribution in [3.05, 3.63) is 48.2 Å². The Balaban J connectivity index is 2.03. The third-order valence-corrected chi connectivity index (χ3v) is 2.70. The number of pyridine rings is 1. The van der Waals surface area contributed by atoms with E-state index in [2.05, 4.69) is 4.98 Å². The van der Waals surface area contributed by atoms with Gasteiger partial charge in [0.1, 0.15) is 16.9 Å². The van der Waals surface area contributed by atoms with Crippen LogP contribution < -0.4 is 11.6 Å². The smallest absolute Gasteiger partial charge is 0.356 e. The fraction of sp³-hybridized carbons (Fsp3) is 0.333. The number of esters is 1. The fourth-order valence-electron chi connectivity index (χ4n) is 1.86. The van der Waals surface area contributed by atoms with E-state index in [9.17, 15) is 4.79 Å². The van der Waals surface area contributed by atoms with Crippen molar-refractivity contribution in [2.24, 2.45) is 11.6 Å². The molecule has 2 rings (SSSR count). The average Bonchev–Trinajstić information content (AvgIpc) is 2.78. The first kappa shape index (κ1) is 15.8. The van der Waals surface area contributed by atoms with Gasteiger partial charge in [-0.3, -0.25) is 0 Å².